The number of carbonyl (C=O) groups excluding carboxylic acids is 1. The molecule has 0 atom stereocenters. The highest BCUT2D eigenvalue weighted by Gasteiger charge is 2.17. The molecule has 18 heavy (non-hydrogen) atoms. The number of likely N-dealkylation sites (N-methyl/N-ethyl adjacent to an activating group) is 1. The van der Waals surface area contributed by atoms with Crippen molar-refractivity contribution in [3.05, 3.63) is 0 Å². The molecule has 0 spiro atoms. The first-order valence-corrected chi connectivity index (χ1v) is 6.63. The van der Waals surface area contributed by atoms with Crippen LogP contribution in [0.15, 0.2) is 0 Å². The second-order valence-corrected chi connectivity index (χ2v) is 5.81. The molecular formula is C13H26N2O3. The van der Waals surface area contributed by atoms with Gasteiger partial charge in [0.25, 0.3) is 0 Å². The van der Waals surface area contributed by atoms with Gasteiger partial charge in [-0.25, -0.2) is 4.79 Å². The fourth-order valence-electron chi connectivity index (χ4n) is 1.79. The van der Waals surface area contributed by atoms with Crippen molar-refractivity contribution in [2.45, 2.75) is 32.8 Å². The van der Waals surface area contributed by atoms with Gasteiger partial charge in [-0.05, 0) is 34.2 Å². The summed E-state index contributed by atoms with van der Waals surface area (Å²) in [6.45, 7) is 11.3. The van der Waals surface area contributed by atoms with Crippen LogP contribution in [-0.2, 0) is 9.47 Å². The predicted molar refractivity (Wildman–Crippen MR) is 70.7 cm³/mol. The van der Waals surface area contributed by atoms with Gasteiger partial charge < -0.3 is 19.3 Å². The first kappa shape index (κ1) is 15.2. The smallest absolute Gasteiger partial charge is 0.434 e. The van der Waals surface area contributed by atoms with Gasteiger partial charge in [0.1, 0.15) is 5.60 Å². The Morgan fingerprint density at radius 3 is 2.33 bits per heavy atom. The van der Waals surface area contributed by atoms with E-state index in [4.69, 9.17) is 9.47 Å². The highest BCUT2D eigenvalue weighted by atomic mass is 16.7. The maximum atomic E-state index is 11.3. The molecule has 0 aromatic rings. The van der Waals surface area contributed by atoms with E-state index in [0.29, 0.717) is 6.61 Å². The zero-order valence-electron chi connectivity index (χ0n) is 12.1. The van der Waals surface area contributed by atoms with Crippen molar-refractivity contribution in [2.75, 3.05) is 46.4 Å². The van der Waals surface area contributed by atoms with Gasteiger partial charge in [0.15, 0.2) is 0 Å². The zero-order chi connectivity index (χ0) is 13.6. The number of hydrogen-bond donors (Lipinski definition) is 0. The van der Waals surface area contributed by atoms with Gasteiger partial charge in [-0.15, -0.1) is 0 Å². The average Bonchev–Trinajstić information content (AvgIpc) is 2.24. The quantitative estimate of drug-likeness (QED) is 0.565. The Morgan fingerprint density at radius 2 is 1.78 bits per heavy atom. The normalized spacial score (nSPS) is 18.7. The van der Waals surface area contributed by atoms with Crippen LogP contribution in [0, 0.1) is 0 Å². The fourth-order valence-corrected chi connectivity index (χ4v) is 1.79. The second kappa shape index (κ2) is 6.95. The molecule has 1 aliphatic heterocycles. The summed E-state index contributed by atoms with van der Waals surface area (Å²) in [6, 6.07) is 0. The van der Waals surface area contributed by atoms with Crippen LogP contribution in [0.2, 0.25) is 0 Å². The minimum atomic E-state index is -0.569. The third kappa shape index (κ3) is 6.81. The molecule has 0 aliphatic carbocycles. The van der Waals surface area contributed by atoms with Crippen LogP contribution in [0.3, 0.4) is 0 Å². The highest BCUT2D eigenvalue weighted by Crippen LogP contribution is 2.08. The summed E-state index contributed by atoms with van der Waals surface area (Å²) in [4.78, 5) is 16.0. The van der Waals surface area contributed by atoms with Crippen molar-refractivity contribution in [3.8, 4) is 0 Å². The van der Waals surface area contributed by atoms with Crippen molar-refractivity contribution in [1.29, 1.82) is 0 Å². The van der Waals surface area contributed by atoms with E-state index < -0.39 is 11.8 Å². The lowest BCUT2D eigenvalue weighted by Gasteiger charge is -2.32. The lowest BCUT2D eigenvalue weighted by Crippen LogP contribution is -2.44. The SMILES string of the molecule is CN1CCN(CCCOC(=O)OC(C)(C)C)CC1. The van der Waals surface area contributed by atoms with E-state index in [1.165, 1.54) is 0 Å². The minimum Gasteiger partial charge on any atom is -0.434 e. The van der Waals surface area contributed by atoms with Gasteiger partial charge in [-0.2, -0.15) is 0 Å². The molecule has 1 aliphatic rings. The number of ether oxygens (including phenoxy) is 2. The Hall–Kier alpha value is -0.810. The van der Waals surface area contributed by atoms with Crippen molar-refractivity contribution >= 4 is 6.16 Å². The topological polar surface area (TPSA) is 42.0 Å². The predicted octanol–water partition coefficient (Wildman–Crippen LogP) is 1.58. The van der Waals surface area contributed by atoms with E-state index in [9.17, 15) is 4.79 Å². The molecule has 0 N–H and O–H groups in total. The Labute approximate surface area is 110 Å². The molecular weight excluding hydrogens is 232 g/mol. The molecule has 1 saturated heterocycles. The Morgan fingerprint density at radius 1 is 1.17 bits per heavy atom. The molecule has 1 fully saturated rings. The van der Waals surface area contributed by atoms with Crippen molar-refractivity contribution in [1.82, 2.24) is 9.80 Å². The van der Waals surface area contributed by atoms with Crippen LogP contribution < -0.4 is 0 Å². The van der Waals surface area contributed by atoms with Gasteiger partial charge in [0.05, 0.1) is 6.61 Å². The summed E-state index contributed by atoms with van der Waals surface area (Å²) in [7, 11) is 2.14. The molecule has 0 amide bonds. The van der Waals surface area contributed by atoms with Crippen molar-refractivity contribution < 1.29 is 14.3 Å². The average molecular weight is 258 g/mol. The van der Waals surface area contributed by atoms with Crippen LogP contribution in [-0.4, -0.2) is 67.9 Å². The summed E-state index contributed by atoms with van der Waals surface area (Å²) < 4.78 is 10.1. The maximum absolute atomic E-state index is 11.3. The Balaban J connectivity index is 2.03. The molecule has 0 aromatic carbocycles. The molecule has 5 nitrogen and oxygen atoms in total. The summed E-state index contributed by atoms with van der Waals surface area (Å²) in [6.07, 6.45) is 0.295. The molecule has 0 saturated carbocycles. The van der Waals surface area contributed by atoms with Crippen molar-refractivity contribution in [3.63, 3.8) is 0 Å². The number of piperazine rings is 1. The van der Waals surface area contributed by atoms with Crippen LogP contribution >= 0.6 is 0 Å². The third-order valence-corrected chi connectivity index (χ3v) is 2.82. The first-order chi connectivity index (χ1) is 8.37. The first-order valence-electron chi connectivity index (χ1n) is 6.63. The molecule has 0 unspecified atom stereocenters. The number of carbonyl (C=O) groups is 1. The Bertz CT molecular complexity index is 255. The van der Waals surface area contributed by atoms with E-state index in [0.717, 1.165) is 39.1 Å². The van der Waals surface area contributed by atoms with Crippen LogP contribution in [0.4, 0.5) is 4.79 Å². The van der Waals surface area contributed by atoms with Crippen LogP contribution in [0.5, 0.6) is 0 Å². The van der Waals surface area contributed by atoms with Gasteiger partial charge >= 0.3 is 6.16 Å². The summed E-state index contributed by atoms with van der Waals surface area (Å²) >= 11 is 0. The molecule has 106 valence electrons. The molecule has 0 radical (unpaired) electrons. The fraction of sp³-hybridized carbons (Fsp3) is 0.923. The standard InChI is InChI=1S/C13H26N2O3/c1-13(2,3)18-12(16)17-11-5-6-15-9-7-14(4)8-10-15/h5-11H2,1-4H3. The summed E-state index contributed by atoms with van der Waals surface area (Å²) in [5.74, 6) is 0. The Kier molecular flexibility index (Phi) is 5.88. The third-order valence-electron chi connectivity index (χ3n) is 2.82. The van der Waals surface area contributed by atoms with Crippen LogP contribution in [0.1, 0.15) is 27.2 Å². The van der Waals surface area contributed by atoms with E-state index in [1.54, 1.807) is 0 Å². The highest BCUT2D eigenvalue weighted by molar-refractivity contribution is 5.60. The van der Waals surface area contributed by atoms with Crippen LogP contribution in [0.25, 0.3) is 0 Å². The number of rotatable bonds is 4. The monoisotopic (exact) mass is 258 g/mol. The molecule has 1 rings (SSSR count). The molecule has 0 aromatic heterocycles. The number of nitrogens with zero attached hydrogens (tertiary/aromatic N) is 2. The largest absolute Gasteiger partial charge is 0.508 e. The summed E-state index contributed by atoms with van der Waals surface area (Å²) in [5, 5.41) is 0. The lowest BCUT2D eigenvalue weighted by molar-refractivity contribution is -0.00866. The lowest BCUT2D eigenvalue weighted by atomic mass is 10.2. The van der Waals surface area contributed by atoms with Gasteiger partial charge in [-0.1, -0.05) is 0 Å². The number of hydrogen-bond acceptors (Lipinski definition) is 5. The molecule has 5 heteroatoms. The minimum absolute atomic E-state index is 0.432. The van der Waals surface area contributed by atoms with Gasteiger partial charge in [0.2, 0.25) is 0 Å². The van der Waals surface area contributed by atoms with Gasteiger partial charge in [0, 0.05) is 32.7 Å². The van der Waals surface area contributed by atoms with E-state index in [-0.39, 0.29) is 0 Å². The van der Waals surface area contributed by atoms with Crippen molar-refractivity contribution in [2.24, 2.45) is 0 Å². The van der Waals surface area contributed by atoms with E-state index in [2.05, 4.69) is 16.8 Å². The zero-order valence-corrected chi connectivity index (χ0v) is 12.1. The molecule has 1 heterocycles. The molecule has 0 bridgehead atoms. The van der Waals surface area contributed by atoms with E-state index >= 15 is 0 Å². The van der Waals surface area contributed by atoms with Gasteiger partial charge in [-0.3, -0.25) is 0 Å². The maximum Gasteiger partial charge on any atom is 0.508 e. The second-order valence-electron chi connectivity index (χ2n) is 5.81. The summed E-state index contributed by atoms with van der Waals surface area (Å²) in [5.41, 5.74) is -0.478. The van der Waals surface area contributed by atoms with E-state index in [1.807, 2.05) is 20.8 Å².